The van der Waals surface area contributed by atoms with Crippen LogP contribution in [0, 0.1) is 0 Å². The predicted octanol–water partition coefficient (Wildman–Crippen LogP) is 3.85. The minimum Gasteiger partial charge on any atom is -0.347 e. The number of hydrogen-bond donors (Lipinski definition) is 0. The van der Waals surface area contributed by atoms with E-state index in [4.69, 9.17) is 4.98 Å². The monoisotopic (exact) mass is 341 g/mol. The summed E-state index contributed by atoms with van der Waals surface area (Å²) in [6.45, 7) is 6.38. The zero-order valence-electron chi connectivity index (χ0n) is 14.3. The number of fused-ring (bicyclic) bond motifs is 1. The third kappa shape index (κ3) is 2.69. The standard InChI is InChI=1S/C18H23N5S/c1-3-16-20-18(24-21-16)22-11-9-13(10-12-22)23-15-8-6-5-7-14(15)19-17(23)4-2/h5-8,13H,3-4,9-12H2,1-2H3. The van der Waals surface area contributed by atoms with Gasteiger partial charge in [-0.1, -0.05) is 26.0 Å². The zero-order chi connectivity index (χ0) is 16.5. The Bertz CT molecular complexity index is 829. The SMILES string of the molecule is CCc1nsc(N2CCC(n3c(CC)nc4ccccc43)CC2)n1. The zero-order valence-corrected chi connectivity index (χ0v) is 15.1. The molecule has 4 rings (SSSR count). The number of hydrogen-bond acceptors (Lipinski definition) is 5. The van der Waals surface area contributed by atoms with Crippen molar-refractivity contribution in [2.45, 2.75) is 45.6 Å². The highest BCUT2D eigenvalue weighted by molar-refractivity contribution is 7.09. The fourth-order valence-corrected chi connectivity index (χ4v) is 4.38. The normalized spacial score (nSPS) is 16.2. The van der Waals surface area contributed by atoms with Crippen LogP contribution in [0.5, 0.6) is 0 Å². The molecule has 0 atom stereocenters. The molecule has 0 spiro atoms. The number of nitrogens with zero attached hydrogens (tertiary/aromatic N) is 5. The first-order valence-electron chi connectivity index (χ1n) is 8.83. The summed E-state index contributed by atoms with van der Waals surface area (Å²) in [4.78, 5) is 11.9. The lowest BCUT2D eigenvalue weighted by Crippen LogP contribution is -2.35. The molecule has 1 aromatic carbocycles. The first kappa shape index (κ1) is 15.6. The summed E-state index contributed by atoms with van der Waals surface area (Å²) in [7, 11) is 0. The molecule has 1 aliphatic heterocycles. The van der Waals surface area contributed by atoms with Crippen LogP contribution in [0.1, 0.15) is 44.4 Å². The Hall–Kier alpha value is -1.95. The molecule has 1 saturated heterocycles. The molecule has 0 bridgehead atoms. The molecule has 24 heavy (non-hydrogen) atoms. The number of benzene rings is 1. The van der Waals surface area contributed by atoms with Crippen LogP contribution < -0.4 is 4.90 Å². The number of aryl methyl sites for hydroxylation is 2. The van der Waals surface area contributed by atoms with Gasteiger partial charge < -0.3 is 9.47 Å². The molecular weight excluding hydrogens is 318 g/mol. The van der Waals surface area contributed by atoms with Crippen LogP contribution in [-0.4, -0.2) is 32.0 Å². The second-order valence-electron chi connectivity index (χ2n) is 6.31. The highest BCUT2D eigenvalue weighted by Gasteiger charge is 2.25. The first-order chi connectivity index (χ1) is 11.8. The van der Waals surface area contributed by atoms with Crippen molar-refractivity contribution in [1.29, 1.82) is 0 Å². The molecule has 3 heterocycles. The lowest BCUT2D eigenvalue weighted by Gasteiger charge is -2.33. The Labute approximate surface area is 146 Å². The smallest absolute Gasteiger partial charge is 0.205 e. The van der Waals surface area contributed by atoms with E-state index in [0.29, 0.717) is 6.04 Å². The van der Waals surface area contributed by atoms with Gasteiger partial charge in [0.2, 0.25) is 5.13 Å². The molecular formula is C18H23N5S. The van der Waals surface area contributed by atoms with Crippen LogP contribution in [0.2, 0.25) is 0 Å². The minimum atomic E-state index is 0.530. The molecule has 2 aromatic heterocycles. The number of rotatable bonds is 4. The molecule has 0 amide bonds. The van der Waals surface area contributed by atoms with Gasteiger partial charge in [-0.2, -0.15) is 4.37 Å². The van der Waals surface area contributed by atoms with Gasteiger partial charge in [-0.25, -0.2) is 9.97 Å². The molecule has 1 aliphatic rings. The summed E-state index contributed by atoms with van der Waals surface area (Å²) in [6.07, 6.45) is 4.15. The van der Waals surface area contributed by atoms with Gasteiger partial charge in [-0.3, -0.25) is 0 Å². The van der Waals surface area contributed by atoms with E-state index in [-0.39, 0.29) is 0 Å². The first-order valence-corrected chi connectivity index (χ1v) is 9.60. The number of piperidine rings is 1. The van der Waals surface area contributed by atoms with E-state index in [2.05, 4.69) is 56.9 Å². The van der Waals surface area contributed by atoms with Gasteiger partial charge in [0.05, 0.1) is 11.0 Å². The average molecular weight is 341 g/mol. The number of imidazole rings is 1. The fourth-order valence-electron chi connectivity index (χ4n) is 3.58. The van der Waals surface area contributed by atoms with Crippen molar-refractivity contribution in [3.63, 3.8) is 0 Å². The second-order valence-corrected chi connectivity index (χ2v) is 7.04. The van der Waals surface area contributed by atoms with Crippen LogP contribution in [0.25, 0.3) is 11.0 Å². The van der Waals surface area contributed by atoms with E-state index in [9.17, 15) is 0 Å². The van der Waals surface area contributed by atoms with Gasteiger partial charge in [-0.15, -0.1) is 0 Å². The topological polar surface area (TPSA) is 46.8 Å². The van der Waals surface area contributed by atoms with Crippen molar-refractivity contribution in [3.8, 4) is 0 Å². The predicted molar refractivity (Wildman–Crippen MR) is 98.9 cm³/mol. The van der Waals surface area contributed by atoms with E-state index < -0.39 is 0 Å². The molecule has 0 radical (unpaired) electrons. The highest BCUT2D eigenvalue weighted by Crippen LogP contribution is 2.31. The van der Waals surface area contributed by atoms with Crippen LogP contribution in [0.4, 0.5) is 5.13 Å². The summed E-state index contributed by atoms with van der Waals surface area (Å²) in [5.41, 5.74) is 2.39. The molecule has 3 aromatic rings. The van der Waals surface area contributed by atoms with E-state index in [0.717, 1.165) is 55.2 Å². The number of anilines is 1. The summed E-state index contributed by atoms with van der Waals surface area (Å²) < 4.78 is 6.90. The van der Waals surface area contributed by atoms with E-state index in [1.807, 2.05) is 0 Å². The van der Waals surface area contributed by atoms with Crippen LogP contribution >= 0.6 is 11.5 Å². The molecule has 1 fully saturated rings. The van der Waals surface area contributed by atoms with Crippen molar-refractivity contribution >= 4 is 27.7 Å². The second kappa shape index (κ2) is 6.51. The molecule has 0 N–H and O–H groups in total. The fraction of sp³-hybridized carbons (Fsp3) is 0.500. The average Bonchev–Trinajstić information content (AvgIpc) is 3.26. The summed E-state index contributed by atoms with van der Waals surface area (Å²) in [5, 5.41) is 1.08. The van der Waals surface area contributed by atoms with Gasteiger partial charge in [0.15, 0.2) is 0 Å². The Morgan fingerprint density at radius 2 is 1.88 bits per heavy atom. The molecule has 0 unspecified atom stereocenters. The third-order valence-electron chi connectivity index (χ3n) is 4.86. The molecule has 0 aliphatic carbocycles. The molecule has 126 valence electrons. The van der Waals surface area contributed by atoms with E-state index >= 15 is 0 Å². The van der Waals surface area contributed by atoms with Crippen LogP contribution in [0.3, 0.4) is 0 Å². The maximum absolute atomic E-state index is 4.83. The van der Waals surface area contributed by atoms with E-state index in [1.165, 1.54) is 22.9 Å². The van der Waals surface area contributed by atoms with Crippen molar-refractivity contribution in [2.24, 2.45) is 0 Å². The van der Waals surface area contributed by atoms with Crippen LogP contribution in [-0.2, 0) is 12.8 Å². The van der Waals surface area contributed by atoms with Gasteiger partial charge >= 0.3 is 0 Å². The minimum absolute atomic E-state index is 0.530. The molecule has 6 heteroatoms. The lowest BCUT2D eigenvalue weighted by molar-refractivity contribution is 0.395. The van der Waals surface area contributed by atoms with Crippen LogP contribution in [0.15, 0.2) is 24.3 Å². The maximum atomic E-state index is 4.83. The number of para-hydroxylation sites is 2. The maximum Gasteiger partial charge on any atom is 0.205 e. The summed E-state index contributed by atoms with van der Waals surface area (Å²) >= 11 is 1.54. The van der Waals surface area contributed by atoms with Gasteiger partial charge in [-0.05, 0) is 25.0 Å². The van der Waals surface area contributed by atoms with Gasteiger partial charge in [0.1, 0.15) is 11.6 Å². The van der Waals surface area contributed by atoms with Crippen molar-refractivity contribution in [2.75, 3.05) is 18.0 Å². The van der Waals surface area contributed by atoms with Crippen molar-refractivity contribution < 1.29 is 0 Å². The van der Waals surface area contributed by atoms with Gasteiger partial charge in [0, 0.05) is 43.5 Å². The Balaban J connectivity index is 1.55. The van der Waals surface area contributed by atoms with E-state index in [1.54, 1.807) is 0 Å². The molecule has 5 nitrogen and oxygen atoms in total. The Morgan fingerprint density at radius 3 is 2.58 bits per heavy atom. The summed E-state index contributed by atoms with van der Waals surface area (Å²) in [6, 6.07) is 9.03. The number of aromatic nitrogens is 4. The quantitative estimate of drug-likeness (QED) is 0.723. The highest BCUT2D eigenvalue weighted by atomic mass is 32.1. The largest absolute Gasteiger partial charge is 0.347 e. The third-order valence-corrected chi connectivity index (χ3v) is 5.67. The Morgan fingerprint density at radius 1 is 1.08 bits per heavy atom. The van der Waals surface area contributed by atoms with Gasteiger partial charge in [0.25, 0.3) is 0 Å². The van der Waals surface area contributed by atoms with Crippen molar-refractivity contribution in [3.05, 3.63) is 35.9 Å². The lowest BCUT2D eigenvalue weighted by atomic mass is 10.0. The Kier molecular flexibility index (Phi) is 4.22. The summed E-state index contributed by atoms with van der Waals surface area (Å²) in [5.74, 6) is 2.17. The molecule has 0 saturated carbocycles. The van der Waals surface area contributed by atoms with Crippen molar-refractivity contribution in [1.82, 2.24) is 18.9 Å².